The Kier molecular flexibility index (Phi) is 5.11. The third-order valence-electron chi connectivity index (χ3n) is 5.57. The molecule has 4 rings (SSSR count). The molecule has 9 nitrogen and oxygen atoms in total. The minimum absolute atomic E-state index is 0.0519. The molecule has 1 aromatic heterocycles. The van der Waals surface area contributed by atoms with Crippen LogP contribution in [0.15, 0.2) is 27.6 Å². The van der Waals surface area contributed by atoms with Gasteiger partial charge >= 0.3 is 0 Å². The maximum atomic E-state index is 13.5. The van der Waals surface area contributed by atoms with Gasteiger partial charge in [-0.1, -0.05) is 5.16 Å². The van der Waals surface area contributed by atoms with Crippen molar-refractivity contribution in [2.45, 2.75) is 17.7 Å². The van der Waals surface area contributed by atoms with Gasteiger partial charge in [0.05, 0.1) is 10.8 Å². The van der Waals surface area contributed by atoms with Crippen molar-refractivity contribution >= 4 is 15.9 Å². The molecule has 2 aromatic rings. The van der Waals surface area contributed by atoms with Gasteiger partial charge < -0.3 is 14.2 Å². The Morgan fingerprint density at radius 1 is 1.27 bits per heavy atom. The molecule has 0 radical (unpaired) electrons. The monoisotopic (exact) mass is 442 g/mol. The van der Waals surface area contributed by atoms with Crippen molar-refractivity contribution < 1.29 is 31.3 Å². The summed E-state index contributed by atoms with van der Waals surface area (Å²) < 4.78 is 64.2. The van der Waals surface area contributed by atoms with E-state index in [9.17, 15) is 22.0 Å². The fraction of sp³-hybridized carbons (Fsp3) is 0.500. The molecule has 1 aromatic carbocycles. The van der Waals surface area contributed by atoms with Crippen LogP contribution in [0.5, 0.6) is 0 Å². The number of benzene rings is 1. The van der Waals surface area contributed by atoms with Gasteiger partial charge in [-0.05, 0) is 19.1 Å². The molecule has 1 amide bonds. The Balaban J connectivity index is 1.60. The number of nitrogens with zero attached hydrogens (tertiary/aromatic N) is 4. The zero-order valence-electron chi connectivity index (χ0n) is 16.3. The van der Waals surface area contributed by atoms with Crippen LogP contribution in [0, 0.1) is 24.0 Å². The molecule has 0 bridgehead atoms. The van der Waals surface area contributed by atoms with Crippen LogP contribution < -0.4 is 0 Å². The van der Waals surface area contributed by atoms with Crippen LogP contribution in [-0.4, -0.2) is 73.6 Å². The van der Waals surface area contributed by atoms with Gasteiger partial charge in [0.15, 0.2) is 5.82 Å². The minimum atomic E-state index is -4.10. The summed E-state index contributed by atoms with van der Waals surface area (Å²) in [5.41, 5.74) is -0.638. The number of hydrogen-bond donors (Lipinski definition) is 0. The summed E-state index contributed by atoms with van der Waals surface area (Å²) in [5.74, 6) is -1.78. The average molecular weight is 442 g/mol. The van der Waals surface area contributed by atoms with E-state index in [1.165, 1.54) is 7.11 Å². The van der Waals surface area contributed by atoms with Gasteiger partial charge in [-0.2, -0.15) is 9.29 Å². The molecule has 0 aliphatic carbocycles. The number of ether oxygens (including phenoxy) is 1. The number of sulfonamides is 1. The van der Waals surface area contributed by atoms with Crippen molar-refractivity contribution in [1.82, 2.24) is 19.3 Å². The number of aromatic nitrogens is 2. The average Bonchev–Trinajstić information content (AvgIpc) is 3.23. The molecule has 1 spiro atoms. The van der Waals surface area contributed by atoms with Crippen molar-refractivity contribution in [1.29, 1.82) is 0 Å². The quantitative estimate of drug-likeness (QED) is 0.678. The molecule has 2 aliphatic heterocycles. The Bertz CT molecular complexity index is 1060. The van der Waals surface area contributed by atoms with Crippen molar-refractivity contribution in [3.05, 3.63) is 41.5 Å². The summed E-state index contributed by atoms with van der Waals surface area (Å²) >= 11 is 0. The summed E-state index contributed by atoms with van der Waals surface area (Å²) in [4.78, 5) is 17.7. The van der Waals surface area contributed by atoms with Crippen molar-refractivity contribution in [2.24, 2.45) is 5.41 Å². The maximum absolute atomic E-state index is 13.5. The number of amides is 1. The number of halogens is 2. The molecule has 0 N–H and O–H groups in total. The highest BCUT2D eigenvalue weighted by atomic mass is 32.2. The van der Waals surface area contributed by atoms with E-state index in [0.717, 1.165) is 16.4 Å². The predicted molar refractivity (Wildman–Crippen MR) is 97.8 cm³/mol. The van der Waals surface area contributed by atoms with Crippen molar-refractivity contribution in [2.75, 3.05) is 39.9 Å². The largest absolute Gasteiger partial charge is 0.375 e. The van der Waals surface area contributed by atoms with Crippen LogP contribution >= 0.6 is 0 Å². The van der Waals surface area contributed by atoms with Gasteiger partial charge in [0.1, 0.15) is 18.2 Å². The van der Waals surface area contributed by atoms with Crippen LogP contribution in [0.3, 0.4) is 0 Å². The molecule has 2 saturated heterocycles. The van der Waals surface area contributed by atoms with Crippen LogP contribution in [0.4, 0.5) is 8.78 Å². The van der Waals surface area contributed by atoms with Crippen LogP contribution in [0.1, 0.15) is 17.6 Å². The second kappa shape index (κ2) is 7.36. The smallest absolute Gasteiger partial charge is 0.248 e. The Morgan fingerprint density at radius 2 is 1.93 bits per heavy atom. The van der Waals surface area contributed by atoms with E-state index in [2.05, 4.69) is 10.1 Å². The number of carbonyl (C=O) groups is 1. The van der Waals surface area contributed by atoms with E-state index < -0.39 is 32.0 Å². The molecule has 1 unspecified atom stereocenters. The van der Waals surface area contributed by atoms with Gasteiger partial charge in [0.2, 0.25) is 21.8 Å². The number of carbonyl (C=O) groups excluding carboxylic acids is 1. The van der Waals surface area contributed by atoms with Crippen LogP contribution in [-0.2, 0) is 19.6 Å². The maximum Gasteiger partial charge on any atom is 0.248 e. The van der Waals surface area contributed by atoms with Gasteiger partial charge in [-0.3, -0.25) is 4.79 Å². The highest BCUT2D eigenvalue weighted by Crippen LogP contribution is 2.50. The lowest BCUT2D eigenvalue weighted by Gasteiger charge is -2.48. The van der Waals surface area contributed by atoms with Crippen molar-refractivity contribution in [3.8, 4) is 0 Å². The fourth-order valence-electron chi connectivity index (χ4n) is 4.14. The first-order valence-electron chi connectivity index (χ1n) is 9.18. The number of hydrogen-bond acceptors (Lipinski definition) is 7. The molecular weight excluding hydrogens is 422 g/mol. The first-order chi connectivity index (χ1) is 14.1. The van der Waals surface area contributed by atoms with Gasteiger partial charge in [-0.15, -0.1) is 0 Å². The third-order valence-corrected chi connectivity index (χ3v) is 7.34. The Labute approximate surface area is 171 Å². The highest BCUT2D eigenvalue weighted by Gasteiger charge is 2.60. The molecule has 2 fully saturated rings. The zero-order chi connectivity index (χ0) is 21.7. The van der Waals surface area contributed by atoms with Crippen LogP contribution in [0.25, 0.3) is 0 Å². The summed E-state index contributed by atoms with van der Waals surface area (Å²) in [6.07, 6.45) is 0. The number of likely N-dealkylation sites (tertiary alicyclic amines) is 1. The van der Waals surface area contributed by atoms with E-state index in [1.807, 2.05) is 0 Å². The Hall–Kier alpha value is -2.44. The standard InChI is InChI=1S/C18H20F2N4O5S/c1-11-21-17(29-22-11)15-6-23(16(25)7-28-2)8-18(15)9-24(10-18)30(26,27)14-4-12(19)3-13(20)5-14/h3-5,15H,6-10H2,1-2H3. The second-order valence-corrected chi connectivity index (χ2v) is 9.62. The van der Waals surface area contributed by atoms with E-state index >= 15 is 0 Å². The first-order valence-corrected chi connectivity index (χ1v) is 10.6. The van der Waals surface area contributed by atoms with E-state index in [0.29, 0.717) is 17.8 Å². The lowest BCUT2D eigenvalue weighted by molar-refractivity contribution is -0.134. The normalized spacial score (nSPS) is 21.2. The molecule has 3 heterocycles. The third kappa shape index (κ3) is 3.48. The zero-order valence-corrected chi connectivity index (χ0v) is 17.2. The lowest BCUT2D eigenvalue weighted by Crippen LogP contribution is -2.61. The molecule has 0 saturated carbocycles. The minimum Gasteiger partial charge on any atom is -0.375 e. The predicted octanol–water partition coefficient (Wildman–Crippen LogP) is 0.919. The molecule has 12 heteroatoms. The van der Waals surface area contributed by atoms with Crippen LogP contribution in [0.2, 0.25) is 0 Å². The van der Waals surface area contributed by atoms with Crippen molar-refractivity contribution in [3.63, 3.8) is 0 Å². The lowest BCUT2D eigenvalue weighted by atomic mass is 9.73. The topological polar surface area (TPSA) is 106 Å². The van der Waals surface area contributed by atoms with Gasteiger partial charge in [-0.25, -0.2) is 17.2 Å². The molecule has 162 valence electrons. The van der Waals surface area contributed by atoms with E-state index in [-0.39, 0.29) is 44.6 Å². The SMILES string of the molecule is COCC(=O)N1CC(c2nc(C)no2)C2(C1)CN(S(=O)(=O)c1cc(F)cc(F)c1)C2. The second-order valence-electron chi connectivity index (χ2n) is 7.68. The first kappa shape index (κ1) is 20.8. The molecule has 1 atom stereocenters. The van der Waals surface area contributed by atoms with Gasteiger partial charge in [0.25, 0.3) is 0 Å². The summed E-state index contributed by atoms with van der Waals surface area (Å²) in [6.45, 7) is 2.23. The molecule has 30 heavy (non-hydrogen) atoms. The highest BCUT2D eigenvalue weighted by molar-refractivity contribution is 7.89. The van der Waals surface area contributed by atoms with E-state index in [4.69, 9.17) is 9.26 Å². The van der Waals surface area contributed by atoms with Gasteiger partial charge in [0, 0.05) is 44.8 Å². The van der Waals surface area contributed by atoms with E-state index in [1.54, 1.807) is 11.8 Å². The summed E-state index contributed by atoms with van der Waals surface area (Å²) in [7, 11) is -2.69. The Morgan fingerprint density at radius 3 is 2.50 bits per heavy atom. The fourth-order valence-corrected chi connectivity index (χ4v) is 5.82. The number of rotatable bonds is 5. The summed E-state index contributed by atoms with van der Waals surface area (Å²) in [6, 6.07) is 2.18. The molecule has 2 aliphatic rings. The number of aryl methyl sites for hydroxylation is 1. The number of methoxy groups -OCH3 is 1. The summed E-state index contributed by atoms with van der Waals surface area (Å²) in [5, 5.41) is 3.80. The molecular formula is C18H20F2N4O5S.